The van der Waals surface area contributed by atoms with Gasteiger partial charge < -0.3 is 9.64 Å². The lowest BCUT2D eigenvalue weighted by atomic mass is 10.1. The molecule has 0 N–H and O–H groups in total. The lowest BCUT2D eigenvalue weighted by molar-refractivity contribution is 0.0362. The second kappa shape index (κ2) is 6.04. The summed E-state index contributed by atoms with van der Waals surface area (Å²) in [5.74, 6) is 0.0271. The van der Waals surface area contributed by atoms with Crippen molar-refractivity contribution in [2.75, 3.05) is 20.3 Å². The number of benzene rings is 1. The molecule has 0 bridgehead atoms. The van der Waals surface area contributed by atoms with E-state index in [9.17, 15) is 4.79 Å². The van der Waals surface area contributed by atoms with Crippen LogP contribution < -0.4 is 0 Å². The van der Waals surface area contributed by atoms with Crippen LogP contribution in [0.15, 0.2) is 22.7 Å². The second-order valence-corrected chi connectivity index (χ2v) is 5.65. The summed E-state index contributed by atoms with van der Waals surface area (Å²) in [6, 6.07) is 5.52. The average molecular weight is 333 g/mol. The molecule has 1 fully saturated rings. The van der Waals surface area contributed by atoms with E-state index in [-0.39, 0.29) is 11.9 Å². The molecule has 5 heteroatoms. The highest BCUT2D eigenvalue weighted by Crippen LogP contribution is 2.24. The summed E-state index contributed by atoms with van der Waals surface area (Å²) in [6.45, 7) is 1.46. The van der Waals surface area contributed by atoms with Gasteiger partial charge in [0.15, 0.2) is 0 Å². The zero-order valence-electron chi connectivity index (χ0n) is 10.2. The number of rotatable bonds is 2. The molecular weight excluding hydrogens is 318 g/mol. The molecule has 1 aromatic carbocycles. The molecule has 0 spiro atoms. The summed E-state index contributed by atoms with van der Waals surface area (Å²) < 4.78 is 6.05. The number of carbonyl (C=O) groups is 1. The van der Waals surface area contributed by atoms with Crippen LogP contribution in [-0.2, 0) is 4.74 Å². The van der Waals surface area contributed by atoms with Crippen molar-refractivity contribution in [1.82, 2.24) is 4.90 Å². The van der Waals surface area contributed by atoms with Crippen LogP contribution in [0.3, 0.4) is 0 Å². The molecule has 1 saturated heterocycles. The van der Waals surface area contributed by atoms with Gasteiger partial charge in [0.25, 0.3) is 5.91 Å². The van der Waals surface area contributed by atoms with Gasteiger partial charge in [-0.15, -0.1) is 0 Å². The van der Waals surface area contributed by atoms with Crippen LogP contribution >= 0.6 is 27.5 Å². The number of hydrogen-bond donors (Lipinski definition) is 0. The molecule has 0 radical (unpaired) electrons. The maximum absolute atomic E-state index is 12.3. The van der Waals surface area contributed by atoms with Gasteiger partial charge in [0.2, 0.25) is 0 Å². The Morgan fingerprint density at radius 3 is 2.72 bits per heavy atom. The Hall–Kier alpha value is -0.580. The maximum Gasteiger partial charge on any atom is 0.253 e. The minimum atomic E-state index is 0.0271. The zero-order chi connectivity index (χ0) is 13.1. The van der Waals surface area contributed by atoms with Gasteiger partial charge in [-0.25, -0.2) is 0 Å². The van der Waals surface area contributed by atoms with Crippen molar-refractivity contribution in [2.24, 2.45) is 0 Å². The summed E-state index contributed by atoms with van der Waals surface area (Å²) >= 11 is 9.26. The van der Waals surface area contributed by atoms with Crippen molar-refractivity contribution in [3.63, 3.8) is 0 Å². The van der Waals surface area contributed by atoms with E-state index < -0.39 is 0 Å². The molecule has 0 aromatic heterocycles. The zero-order valence-corrected chi connectivity index (χ0v) is 12.5. The summed E-state index contributed by atoms with van der Waals surface area (Å²) in [4.78, 5) is 14.1. The van der Waals surface area contributed by atoms with Crippen molar-refractivity contribution < 1.29 is 9.53 Å². The Morgan fingerprint density at radius 2 is 2.11 bits per heavy atom. The first kappa shape index (κ1) is 13.8. The lowest BCUT2D eigenvalue weighted by Gasteiger charge is -2.31. The lowest BCUT2D eigenvalue weighted by Crippen LogP contribution is -2.40. The summed E-state index contributed by atoms with van der Waals surface area (Å²) in [5.41, 5.74) is 0.653. The second-order valence-electron chi connectivity index (χ2n) is 4.39. The van der Waals surface area contributed by atoms with E-state index in [1.807, 2.05) is 7.05 Å². The highest BCUT2D eigenvalue weighted by Gasteiger charge is 2.23. The SMILES string of the molecule is CN(C(=O)c1ccc(Cl)c(Br)c1)C1CCOCC1. The molecule has 98 valence electrons. The molecule has 18 heavy (non-hydrogen) atoms. The van der Waals surface area contributed by atoms with Crippen LogP contribution in [0, 0.1) is 0 Å². The Kier molecular flexibility index (Phi) is 4.65. The molecule has 1 heterocycles. The highest BCUT2D eigenvalue weighted by atomic mass is 79.9. The molecule has 0 unspecified atom stereocenters. The quantitative estimate of drug-likeness (QED) is 0.831. The van der Waals surface area contributed by atoms with Gasteiger partial charge in [0, 0.05) is 36.3 Å². The van der Waals surface area contributed by atoms with Crippen LogP contribution in [-0.4, -0.2) is 37.1 Å². The minimum absolute atomic E-state index is 0.0271. The van der Waals surface area contributed by atoms with Crippen LogP contribution in [0.2, 0.25) is 5.02 Å². The van der Waals surface area contributed by atoms with Gasteiger partial charge in [-0.1, -0.05) is 11.6 Å². The normalized spacial score (nSPS) is 16.6. The fourth-order valence-electron chi connectivity index (χ4n) is 2.07. The molecule has 3 nitrogen and oxygen atoms in total. The average Bonchev–Trinajstić information content (AvgIpc) is 2.41. The van der Waals surface area contributed by atoms with Gasteiger partial charge in [-0.05, 0) is 47.0 Å². The van der Waals surface area contributed by atoms with Crippen molar-refractivity contribution in [3.8, 4) is 0 Å². The fourth-order valence-corrected chi connectivity index (χ4v) is 2.57. The number of halogens is 2. The summed E-state index contributed by atoms with van der Waals surface area (Å²) in [5, 5.41) is 0.611. The number of nitrogens with zero attached hydrogens (tertiary/aromatic N) is 1. The first-order valence-corrected chi connectivity index (χ1v) is 7.06. The molecule has 0 atom stereocenters. The van der Waals surface area contributed by atoms with Gasteiger partial charge in [0.1, 0.15) is 0 Å². The highest BCUT2D eigenvalue weighted by molar-refractivity contribution is 9.10. The Balaban J connectivity index is 2.11. The van der Waals surface area contributed by atoms with E-state index in [1.54, 1.807) is 23.1 Å². The van der Waals surface area contributed by atoms with E-state index in [0.717, 1.165) is 30.5 Å². The smallest absolute Gasteiger partial charge is 0.253 e. The maximum atomic E-state index is 12.3. The molecule has 1 aliphatic rings. The van der Waals surface area contributed by atoms with Crippen molar-refractivity contribution in [2.45, 2.75) is 18.9 Å². The van der Waals surface area contributed by atoms with Crippen molar-refractivity contribution in [1.29, 1.82) is 0 Å². The Labute approximate surface area is 120 Å². The topological polar surface area (TPSA) is 29.5 Å². The van der Waals surface area contributed by atoms with E-state index >= 15 is 0 Å². The Morgan fingerprint density at radius 1 is 1.44 bits per heavy atom. The third-order valence-corrected chi connectivity index (χ3v) is 4.44. The molecule has 0 aliphatic carbocycles. The summed E-state index contributed by atoms with van der Waals surface area (Å²) in [6.07, 6.45) is 1.80. The number of hydrogen-bond acceptors (Lipinski definition) is 2. The first-order chi connectivity index (χ1) is 8.59. The van der Waals surface area contributed by atoms with E-state index in [2.05, 4.69) is 15.9 Å². The molecule has 1 aliphatic heterocycles. The molecular formula is C13H15BrClNO2. The van der Waals surface area contributed by atoms with E-state index in [4.69, 9.17) is 16.3 Å². The van der Waals surface area contributed by atoms with E-state index in [1.165, 1.54) is 0 Å². The van der Waals surface area contributed by atoms with Crippen molar-refractivity contribution >= 4 is 33.4 Å². The predicted octanol–water partition coefficient (Wildman–Crippen LogP) is 3.35. The largest absolute Gasteiger partial charge is 0.381 e. The first-order valence-electron chi connectivity index (χ1n) is 5.89. The molecule has 0 saturated carbocycles. The van der Waals surface area contributed by atoms with Crippen molar-refractivity contribution in [3.05, 3.63) is 33.3 Å². The third kappa shape index (κ3) is 3.05. The number of carbonyl (C=O) groups excluding carboxylic acids is 1. The molecule has 1 amide bonds. The van der Waals surface area contributed by atoms with E-state index in [0.29, 0.717) is 10.6 Å². The summed E-state index contributed by atoms with van der Waals surface area (Å²) in [7, 11) is 1.85. The minimum Gasteiger partial charge on any atom is -0.381 e. The molecule has 1 aromatic rings. The monoisotopic (exact) mass is 331 g/mol. The fraction of sp³-hybridized carbons (Fsp3) is 0.462. The third-order valence-electron chi connectivity index (χ3n) is 3.23. The number of amides is 1. The van der Waals surface area contributed by atoms with Crippen LogP contribution in [0.25, 0.3) is 0 Å². The van der Waals surface area contributed by atoms with Crippen LogP contribution in [0.4, 0.5) is 0 Å². The molecule has 2 rings (SSSR count). The van der Waals surface area contributed by atoms with Gasteiger partial charge in [-0.3, -0.25) is 4.79 Å². The van der Waals surface area contributed by atoms with Crippen LogP contribution in [0.5, 0.6) is 0 Å². The van der Waals surface area contributed by atoms with Gasteiger partial charge in [0.05, 0.1) is 5.02 Å². The van der Waals surface area contributed by atoms with Gasteiger partial charge >= 0.3 is 0 Å². The predicted molar refractivity (Wildman–Crippen MR) is 75.1 cm³/mol. The van der Waals surface area contributed by atoms with Gasteiger partial charge in [-0.2, -0.15) is 0 Å². The Bertz CT molecular complexity index is 447. The number of ether oxygens (including phenoxy) is 1. The van der Waals surface area contributed by atoms with Crippen LogP contribution in [0.1, 0.15) is 23.2 Å². The standard InChI is InChI=1S/C13H15BrClNO2/c1-16(10-4-6-18-7-5-10)13(17)9-2-3-12(15)11(14)8-9/h2-3,8,10H,4-7H2,1H3.